The van der Waals surface area contributed by atoms with E-state index in [-0.39, 0.29) is 41.7 Å². The molecule has 1 aromatic carbocycles. The minimum absolute atomic E-state index is 0.0158. The van der Waals surface area contributed by atoms with Crippen LogP contribution in [0.25, 0.3) is 0 Å². The fraction of sp³-hybridized carbons (Fsp3) is 0.500. The lowest BCUT2D eigenvalue weighted by Crippen LogP contribution is -2.41. The van der Waals surface area contributed by atoms with Crippen LogP contribution < -0.4 is 21.7 Å². The van der Waals surface area contributed by atoms with Crippen molar-refractivity contribution in [2.24, 2.45) is 11.7 Å². The minimum atomic E-state index is -1.18. The Hall–Kier alpha value is -3.89. The standard InChI is InChI=1S/C26H36N6O5/c1-3-15(2)21(32-22(33)18-11-6-9-16-8-4-5-10-17(16)18)24-31-20(14-37-24)23(34)30-19(25(35)36)12-7-13-29-26(27)28/h4-5,8,10,14-15,18-19,21H,3,6-7,9,11-13H2,1-2H3,(H,30,34)(H,32,33)(H,35,36)(H4,27,28,29)/t15-,18?,19-,21-/m0/s1. The molecule has 0 saturated heterocycles. The van der Waals surface area contributed by atoms with E-state index in [1.54, 1.807) is 0 Å². The van der Waals surface area contributed by atoms with E-state index in [0.29, 0.717) is 13.0 Å². The molecule has 0 aliphatic heterocycles. The number of hydrogen-bond donors (Lipinski definition) is 6. The molecule has 2 aromatic rings. The largest absolute Gasteiger partial charge is 0.480 e. The zero-order valence-corrected chi connectivity index (χ0v) is 21.3. The summed E-state index contributed by atoms with van der Waals surface area (Å²) >= 11 is 0. The molecule has 2 amide bonds. The molecule has 1 aromatic heterocycles. The van der Waals surface area contributed by atoms with Crippen LogP contribution in [0.5, 0.6) is 0 Å². The molecule has 3 rings (SSSR count). The van der Waals surface area contributed by atoms with Crippen LogP contribution in [0.4, 0.5) is 0 Å². The number of carboxylic acid groups (broad SMARTS) is 1. The molecule has 1 aliphatic rings. The van der Waals surface area contributed by atoms with Crippen molar-refractivity contribution in [2.45, 2.75) is 70.4 Å². The summed E-state index contributed by atoms with van der Waals surface area (Å²) in [6, 6.07) is 6.31. The number of oxazole rings is 1. The van der Waals surface area contributed by atoms with Crippen molar-refractivity contribution in [1.82, 2.24) is 20.9 Å². The summed E-state index contributed by atoms with van der Waals surface area (Å²) in [6.07, 6.45) is 5.09. The van der Waals surface area contributed by atoms with Gasteiger partial charge in [-0.25, -0.2) is 9.78 Å². The molecule has 0 bridgehead atoms. The summed E-state index contributed by atoms with van der Waals surface area (Å²) in [4.78, 5) is 42.0. The van der Waals surface area contributed by atoms with Gasteiger partial charge in [-0.1, -0.05) is 44.5 Å². The Labute approximate surface area is 216 Å². The van der Waals surface area contributed by atoms with Gasteiger partial charge in [0.25, 0.3) is 5.91 Å². The predicted octanol–water partition coefficient (Wildman–Crippen LogP) is 2.44. The number of carbonyl (C=O) groups is 3. The smallest absolute Gasteiger partial charge is 0.326 e. The number of aliphatic carboxylic acids is 1. The third-order valence-corrected chi connectivity index (χ3v) is 6.81. The average Bonchev–Trinajstić information content (AvgIpc) is 3.38. The number of guanidine groups is 1. The van der Waals surface area contributed by atoms with Gasteiger partial charge in [-0.05, 0) is 49.1 Å². The lowest BCUT2D eigenvalue weighted by Gasteiger charge is -2.28. The van der Waals surface area contributed by atoms with Gasteiger partial charge >= 0.3 is 5.97 Å². The summed E-state index contributed by atoms with van der Waals surface area (Å²) in [5, 5.41) is 24.8. The fourth-order valence-electron chi connectivity index (χ4n) is 4.52. The van der Waals surface area contributed by atoms with Gasteiger partial charge in [0.15, 0.2) is 11.7 Å². The number of fused-ring (bicyclic) bond motifs is 1. The van der Waals surface area contributed by atoms with Gasteiger partial charge in [-0.2, -0.15) is 0 Å². The van der Waals surface area contributed by atoms with Crippen LogP contribution in [0, 0.1) is 11.3 Å². The molecule has 4 atom stereocenters. The van der Waals surface area contributed by atoms with Crippen LogP contribution in [0.3, 0.4) is 0 Å². The SMILES string of the molecule is CC[C@H](C)[C@H](NC(=O)C1CCCc2ccccc21)c1nc(C(=O)N[C@@H](CCCNC(=N)N)C(=O)O)co1. The maximum Gasteiger partial charge on any atom is 0.326 e. The number of nitrogens with two attached hydrogens (primary N) is 1. The highest BCUT2D eigenvalue weighted by Gasteiger charge is 2.32. The van der Waals surface area contributed by atoms with Crippen molar-refractivity contribution in [3.8, 4) is 0 Å². The van der Waals surface area contributed by atoms with Crippen LogP contribution in [-0.2, 0) is 16.0 Å². The summed E-state index contributed by atoms with van der Waals surface area (Å²) in [7, 11) is 0. The van der Waals surface area contributed by atoms with Crippen LogP contribution in [-0.4, -0.2) is 46.4 Å². The second-order valence-electron chi connectivity index (χ2n) is 9.43. The predicted molar refractivity (Wildman–Crippen MR) is 137 cm³/mol. The molecule has 7 N–H and O–H groups in total. The van der Waals surface area contributed by atoms with Gasteiger partial charge in [0.05, 0.1) is 5.92 Å². The van der Waals surface area contributed by atoms with Gasteiger partial charge in [0.2, 0.25) is 11.8 Å². The van der Waals surface area contributed by atoms with Crippen LogP contribution in [0.2, 0.25) is 0 Å². The summed E-state index contributed by atoms with van der Waals surface area (Å²) in [5.41, 5.74) is 7.39. The zero-order valence-electron chi connectivity index (χ0n) is 21.3. The van der Waals surface area contributed by atoms with Gasteiger partial charge in [0, 0.05) is 6.54 Å². The number of nitrogens with zero attached hydrogens (tertiary/aromatic N) is 1. The minimum Gasteiger partial charge on any atom is -0.480 e. The number of aromatic nitrogens is 1. The number of benzene rings is 1. The van der Waals surface area contributed by atoms with Gasteiger partial charge in [-0.15, -0.1) is 0 Å². The third-order valence-electron chi connectivity index (χ3n) is 6.81. The Morgan fingerprint density at radius 2 is 2.03 bits per heavy atom. The number of amides is 2. The molecule has 1 aliphatic carbocycles. The highest BCUT2D eigenvalue weighted by molar-refractivity contribution is 5.94. The quantitative estimate of drug-likeness (QED) is 0.142. The average molecular weight is 513 g/mol. The van der Waals surface area contributed by atoms with Crippen molar-refractivity contribution in [3.05, 3.63) is 53.2 Å². The Morgan fingerprint density at radius 1 is 1.27 bits per heavy atom. The molecule has 1 unspecified atom stereocenters. The second-order valence-corrected chi connectivity index (χ2v) is 9.43. The van der Waals surface area contributed by atoms with E-state index in [1.807, 2.05) is 32.0 Å². The summed E-state index contributed by atoms with van der Waals surface area (Å²) in [5.74, 6) is -2.25. The van der Waals surface area contributed by atoms with E-state index in [2.05, 4.69) is 27.0 Å². The Kier molecular flexibility index (Phi) is 9.64. The second kappa shape index (κ2) is 12.9. The number of carboxylic acids is 1. The van der Waals surface area contributed by atoms with E-state index in [9.17, 15) is 19.5 Å². The first kappa shape index (κ1) is 27.7. The molecule has 200 valence electrons. The molecular formula is C26H36N6O5. The highest BCUT2D eigenvalue weighted by Crippen LogP contribution is 2.33. The normalized spacial score (nSPS) is 17.1. The van der Waals surface area contributed by atoms with E-state index < -0.39 is 24.0 Å². The van der Waals surface area contributed by atoms with Crippen LogP contribution in [0.15, 0.2) is 34.9 Å². The highest BCUT2D eigenvalue weighted by atomic mass is 16.4. The maximum absolute atomic E-state index is 13.3. The van der Waals surface area contributed by atoms with Crippen LogP contribution in [0.1, 0.15) is 85.4 Å². The van der Waals surface area contributed by atoms with Gasteiger partial charge in [0.1, 0.15) is 18.3 Å². The van der Waals surface area contributed by atoms with Crippen molar-refractivity contribution in [3.63, 3.8) is 0 Å². The zero-order chi connectivity index (χ0) is 26.9. The molecule has 11 nitrogen and oxygen atoms in total. The number of nitrogens with one attached hydrogen (secondary N) is 4. The van der Waals surface area contributed by atoms with Crippen LogP contribution >= 0.6 is 0 Å². The van der Waals surface area contributed by atoms with Crippen molar-refractivity contribution in [1.29, 1.82) is 5.41 Å². The van der Waals surface area contributed by atoms with Crippen molar-refractivity contribution < 1.29 is 23.9 Å². The lowest BCUT2D eigenvalue weighted by molar-refractivity contribution is -0.139. The van der Waals surface area contributed by atoms with Crippen molar-refractivity contribution >= 4 is 23.7 Å². The molecule has 0 saturated carbocycles. The number of aryl methyl sites for hydroxylation is 1. The molecule has 1 heterocycles. The topological polar surface area (TPSA) is 183 Å². The Morgan fingerprint density at radius 3 is 2.73 bits per heavy atom. The molecule has 11 heteroatoms. The lowest BCUT2D eigenvalue weighted by atomic mass is 9.82. The monoisotopic (exact) mass is 512 g/mol. The van der Waals surface area contributed by atoms with E-state index in [4.69, 9.17) is 15.6 Å². The van der Waals surface area contributed by atoms with E-state index in [0.717, 1.165) is 31.2 Å². The Bertz CT molecular complexity index is 1120. The molecule has 0 spiro atoms. The first-order valence-corrected chi connectivity index (χ1v) is 12.7. The number of carbonyl (C=O) groups excluding carboxylic acids is 2. The number of hydrogen-bond acceptors (Lipinski definition) is 6. The first-order valence-electron chi connectivity index (χ1n) is 12.7. The van der Waals surface area contributed by atoms with E-state index in [1.165, 1.54) is 11.8 Å². The maximum atomic E-state index is 13.3. The molecular weight excluding hydrogens is 476 g/mol. The van der Waals surface area contributed by atoms with Gasteiger partial charge < -0.3 is 31.2 Å². The van der Waals surface area contributed by atoms with E-state index >= 15 is 0 Å². The fourth-order valence-corrected chi connectivity index (χ4v) is 4.52. The molecule has 37 heavy (non-hydrogen) atoms. The Balaban J connectivity index is 1.69. The number of rotatable bonds is 12. The van der Waals surface area contributed by atoms with Gasteiger partial charge in [-0.3, -0.25) is 15.0 Å². The summed E-state index contributed by atoms with van der Waals surface area (Å²) < 4.78 is 5.61. The summed E-state index contributed by atoms with van der Waals surface area (Å²) in [6.45, 7) is 4.28. The third kappa shape index (κ3) is 7.31. The molecule has 0 fully saturated rings. The molecule has 0 radical (unpaired) electrons. The first-order chi connectivity index (χ1) is 17.7. The van der Waals surface area contributed by atoms with Crippen molar-refractivity contribution in [2.75, 3.05) is 6.54 Å².